The predicted molar refractivity (Wildman–Crippen MR) is 71.5 cm³/mol. The quantitative estimate of drug-likeness (QED) is 0.917. The molecule has 5 heteroatoms. The fraction of sp³-hybridized carbons (Fsp3) is 0.286. The number of hydrogen-bond donors (Lipinski definition) is 1. The van der Waals surface area contributed by atoms with Gasteiger partial charge in [-0.1, -0.05) is 0 Å². The van der Waals surface area contributed by atoms with Gasteiger partial charge in [0.05, 0.1) is 18.6 Å². The van der Waals surface area contributed by atoms with Crippen LogP contribution in [-0.4, -0.2) is 27.2 Å². The van der Waals surface area contributed by atoms with E-state index in [1.54, 1.807) is 11.6 Å². The van der Waals surface area contributed by atoms with Crippen LogP contribution in [0.2, 0.25) is 0 Å². The molecule has 1 aromatic heterocycles. The number of aromatic carboxylic acids is 1. The third-order valence-corrected chi connectivity index (χ3v) is 2.89. The van der Waals surface area contributed by atoms with Crippen molar-refractivity contribution in [2.75, 3.05) is 6.61 Å². The molecule has 2 rings (SSSR count). The van der Waals surface area contributed by atoms with Gasteiger partial charge in [-0.15, -0.1) is 0 Å². The van der Waals surface area contributed by atoms with Crippen LogP contribution in [0.15, 0.2) is 24.5 Å². The van der Waals surface area contributed by atoms with E-state index in [1.807, 2.05) is 32.0 Å². The molecule has 0 aliphatic heterocycles. The summed E-state index contributed by atoms with van der Waals surface area (Å²) in [6.07, 6.45) is 1.50. The first-order valence-corrected chi connectivity index (χ1v) is 6.03. The molecule has 0 aliphatic rings. The highest BCUT2D eigenvalue weighted by Gasteiger charge is 2.17. The van der Waals surface area contributed by atoms with Crippen LogP contribution in [0.5, 0.6) is 5.75 Å². The second-order valence-electron chi connectivity index (χ2n) is 4.27. The number of aryl methyl sites for hydroxylation is 2. The lowest BCUT2D eigenvalue weighted by Crippen LogP contribution is -2.02. The predicted octanol–water partition coefficient (Wildman–Crippen LogP) is 2.49. The smallest absolute Gasteiger partial charge is 0.356 e. The summed E-state index contributed by atoms with van der Waals surface area (Å²) in [6, 6.07) is 5.61. The minimum Gasteiger partial charge on any atom is -0.494 e. The molecular formula is C14H16N2O3. The Morgan fingerprint density at radius 2 is 2.21 bits per heavy atom. The highest BCUT2D eigenvalue weighted by atomic mass is 16.5. The van der Waals surface area contributed by atoms with E-state index >= 15 is 0 Å². The number of carbonyl (C=O) groups is 1. The summed E-state index contributed by atoms with van der Waals surface area (Å²) in [7, 11) is 1.78. The van der Waals surface area contributed by atoms with Gasteiger partial charge in [0.25, 0.3) is 0 Å². The summed E-state index contributed by atoms with van der Waals surface area (Å²) < 4.78 is 7.19. The summed E-state index contributed by atoms with van der Waals surface area (Å²) in [5.41, 5.74) is 2.44. The van der Waals surface area contributed by atoms with Crippen molar-refractivity contribution in [1.29, 1.82) is 0 Å². The van der Waals surface area contributed by atoms with Gasteiger partial charge in [0.2, 0.25) is 0 Å². The highest BCUT2D eigenvalue weighted by molar-refractivity contribution is 5.93. The molecule has 5 nitrogen and oxygen atoms in total. The summed E-state index contributed by atoms with van der Waals surface area (Å²) in [5, 5.41) is 9.15. The van der Waals surface area contributed by atoms with Gasteiger partial charge in [0, 0.05) is 12.6 Å². The summed E-state index contributed by atoms with van der Waals surface area (Å²) in [6.45, 7) is 4.47. The van der Waals surface area contributed by atoms with Crippen molar-refractivity contribution in [3.63, 3.8) is 0 Å². The van der Waals surface area contributed by atoms with Gasteiger partial charge in [-0.2, -0.15) is 0 Å². The topological polar surface area (TPSA) is 64.3 Å². The molecule has 1 N–H and O–H groups in total. The van der Waals surface area contributed by atoms with E-state index in [2.05, 4.69) is 4.98 Å². The monoisotopic (exact) mass is 260 g/mol. The number of carboxylic acid groups (broad SMARTS) is 1. The van der Waals surface area contributed by atoms with Crippen molar-refractivity contribution < 1.29 is 14.6 Å². The molecule has 0 aliphatic carbocycles. The van der Waals surface area contributed by atoms with Crippen LogP contribution < -0.4 is 4.74 Å². The Morgan fingerprint density at radius 3 is 2.79 bits per heavy atom. The first kappa shape index (κ1) is 13.1. The van der Waals surface area contributed by atoms with Crippen molar-refractivity contribution in [3.05, 3.63) is 35.8 Å². The van der Waals surface area contributed by atoms with Crippen LogP contribution in [0, 0.1) is 6.92 Å². The van der Waals surface area contributed by atoms with E-state index in [-0.39, 0.29) is 5.69 Å². The fourth-order valence-electron chi connectivity index (χ4n) is 2.04. The van der Waals surface area contributed by atoms with Crippen LogP contribution >= 0.6 is 0 Å². The first-order valence-electron chi connectivity index (χ1n) is 6.03. The maximum Gasteiger partial charge on any atom is 0.356 e. The van der Waals surface area contributed by atoms with E-state index < -0.39 is 5.97 Å². The maximum atomic E-state index is 11.2. The Bertz CT molecular complexity index is 617. The molecule has 0 unspecified atom stereocenters. The Morgan fingerprint density at radius 1 is 1.47 bits per heavy atom. The van der Waals surface area contributed by atoms with Crippen molar-refractivity contribution in [2.24, 2.45) is 7.05 Å². The Kier molecular flexibility index (Phi) is 3.55. The van der Waals surface area contributed by atoms with Gasteiger partial charge in [0.15, 0.2) is 5.69 Å². The molecular weight excluding hydrogens is 244 g/mol. The van der Waals surface area contributed by atoms with Crippen LogP contribution in [-0.2, 0) is 7.05 Å². The van der Waals surface area contributed by atoms with Crippen molar-refractivity contribution >= 4 is 5.97 Å². The fourth-order valence-corrected chi connectivity index (χ4v) is 2.04. The van der Waals surface area contributed by atoms with Gasteiger partial charge in [-0.25, -0.2) is 9.78 Å². The standard InChI is InChI=1S/C14H16N2O3/c1-4-19-11-6-5-10(7-9(11)2)13-12(14(17)18)15-8-16(13)3/h5-8H,4H2,1-3H3,(H,17,18). The molecule has 0 bridgehead atoms. The number of imidazole rings is 1. The molecule has 0 spiro atoms. The van der Waals surface area contributed by atoms with Crippen molar-refractivity contribution in [2.45, 2.75) is 13.8 Å². The number of ether oxygens (including phenoxy) is 1. The molecule has 0 saturated carbocycles. The molecule has 0 fully saturated rings. The zero-order chi connectivity index (χ0) is 14.0. The van der Waals surface area contributed by atoms with Crippen molar-refractivity contribution in [3.8, 4) is 17.0 Å². The van der Waals surface area contributed by atoms with E-state index in [1.165, 1.54) is 6.33 Å². The number of aromatic nitrogens is 2. The zero-order valence-electron chi connectivity index (χ0n) is 11.2. The minimum absolute atomic E-state index is 0.0612. The summed E-state index contributed by atoms with van der Waals surface area (Å²) >= 11 is 0. The molecule has 0 atom stereocenters. The third-order valence-electron chi connectivity index (χ3n) is 2.89. The zero-order valence-corrected chi connectivity index (χ0v) is 11.2. The molecule has 1 heterocycles. The number of rotatable bonds is 4. The highest BCUT2D eigenvalue weighted by Crippen LogP contribution is 2.28. The van der Waals surface area contributed by atoms with E-state index in [0.29, 0.717) is 12.3 Å². The molecule has 1 aromatic carbocycles. The van der Waals surface area contributed by atoms with E-state index in [0.717, 1.165) is 16.9 Å². The average Bonchev–Trinajstić information content (AvgIpc) is 2.74. The number of hydrogen-bond acceptors (Lipinski definition) is 3. The molecule has 0 saturated heterocycles. The molecule has 100 valence electrons. The Balaban J connectivity index is 2.51. The molecule has 2 aromatic rings. The van der Waals surface area contributed by atoms with Crippen molar-refractivity contribution in [1.82, 2.24) is 9.55 Å². The maximum absolute atomic E-state index is 11.2. The van der Waals surface area contributed by atoms with Crippen LogP contribution in [0.25, 0.3) is 11.3 Å². The average molecular weight is 260 g/mol. The number of nitrogens with zero attached hydrogens (tertiary/aromatic N) is 2. The van der Waals surface area contributed by atoms with Gasteiger partial charge >= 0.3 is 5.97 Å². The molecule has 0 amide bonds. The van der Waals surface area contributed by atoms with E-state index in [4.69, 9.17) is 9.84 Å². The Hall–Kier alpha value is -2.30. The molecule has 19 heavy (non-hydrogen) atoms. The van der Waals surface area contributed by atoms with Gasteiger partial charge in [-0.3, -0.25) is 0 Å². The lowest BCUT2D eigenvalue weighted by molar-refractivity contribution is 0.0692. The van der Waals surface area contributed by atoms with Crippen LogP contribution in [0.4, 0.5) is 0 Å². The number of benzene rings is 1. The van der Waals surface area contributed by atoms with Gasteiger partial charge < -0.3 is 14.4 Å². The lowest BCUT2D eigenvalue weighted by atomic mass is 10.1. The normalized spacial score (nSPS) is 10.5. The second-order valence-corrected chi connectivity index (χ2v) is 4.27. The second kappa shape index (κ2) is 5.14. The van der Waals surface area contributed by atoms with Crippen LogP contribution in [0.3, 0.4) is 0 Å². The summed E-state index contributed by atoms with van der Waals surface area (Å²) in [4.78, 5) is 15.1. The Labute approximate surface area is 111 Å². The van der Waals surface area contributed by atoms with Gasteiger partial charge in [-0.05, 0) is 37.6 Å². The number of carboxylic acids is 1. The molecule has 0 radical (unpaired) electrons. The largest absolute Gasteiger partial charge is 0.494 e. The van der Waals surface area contributed by atoms with Gasteiger partial charge in [0.1, 0.15) is 5.75 Å². The lowest BCUT2D eigenvalue weighted by Gasteiger charge is -2.10. The third kappa shape index (κ3) is 2.45. The summed E-state index contributed by atoms with van der Waals surface area (Å²) in [5.74, 6) is -0.215. The minimum atomic E-state index is -1.03. The SMILES string of the molecule is CCOc1ccc(-c2c(C(=O)O)ncn2C)cc1C. The first-order chi connectivity index (χ1) is 9.04. The van der Waals surface area contributed by atoms with Crippen LogP contribution in [0.1, 0.15) is 23.0 Å². The van der Waals surface area contributed by atoms with E-state index in [9.17, 15) is 4.79 Å².